The summed E-state index contributed by atoms with van der Waals surface area (Å²) in [5, 5.41) is 2.23. The molecule has 0 fully saturated rings. The quantitative estimate of drug-likeness (QED) is 0.182. The van der Waals surface area contributed by atoms with Crippen LogP contribution in [0.4, 0.5) is 0 Å². The number of hydrogen-bond donors (Lipinski definition) is 0. The molecule has 260 valence electrons. The molecule has 2 aromatic heterocycles. The van der Waals surface area contributed by atoms with E-state index in [9.17, 15) is 0 Å². The molecule has 12 rings (SSSR count). The molecule has 10 aromatic rings. The molecular weight excluding hydrogens is 683 g/mol. The van der Waals surface area contributed by atoms with Crippen LogP contribution in [0, 0.1) is 0 Å². The molecule has 56 heavy (non-hydrogen) atoms. The summed E-state index contributed by atoms with van der Waals surface area (Å²) in [6.07, 6.45) is 0. The van der Waals surface area contributed by atoms with Crippen molar-refractivity contribution >= 4 is 21.9 Å². The van der Waals surface area contributed by atoms with Gasteiger partial charge in [-0.1, -0.05) is 176 Å². The Morgan fingerprint density at radius 3 is 1.39 bits per heavy atom. The van der Waals surface area contributed by atoms with Crippen LogP contribution >= 0.6 is 0 Å². The van der Waals surface area contributed by atoms with E-state index in [0.717, 1.165) is 49.8 Å². The fourth-order valence-corrected chi connectivity index (χ4v) is 9.34. The Kier molecular flexibility index (Phi) is 6.52. The van der Waals surface area contributed by atoms with Crippen LogP contribution in [-0.2, 0) is 5.41 Å². The predicted octanol–water partition coefficient (Wildman–Crippen LogP) is 12.8. The molecule has 0 amide bonds. The number of nitrogens with zero attached hydrogens (tertiary/aromatic N) is 3. The van der Waals surface area contributed by atoms with Crippen LogP contribution in [0.15, 0.2) is 192 Å². The highest BCUT2D eigenvalue weighted by Gasteiger charge is 2.52. The summed E-state index contributed by atoms with van der Waals surface area (Å²) in [5.41, 5.74) is 16.8. The fourth-order valence-electron chi connectivity index (χ4n) is 9.34. The van der Waals surface area contributed by atoms with Gasteiger partial charge in [0.05, 0.1) is 5.41 Å². The molecule has 2 aliphatic carbocycles. The Hall–Kier alpha value is -7.43. The van der Waals surface area contributed by atoms with E-state index in [2.05, 4.69) is 127 Å². The van der Waals surface area contributed by atoms with Gasteiger partial charge >= 0.3 is 0 Å². The number of benzene rings is 8. The Morgan fingerprint density at radius 2 is 0.804 bits per heavy atom. The lowest BCUT2D eigenvalue weighted by Crippen LogP contribution is -2.25. The van der Waals surface area contributed by atoms with Crippen LogP contribution in [-0.4, -0.2) is 15.0 Å². The van der Waals surface area contributed by atoms with Crippen molar-refractivity contribution in [3.63, 3.8) is 0 Å². The summed E-state index contributed by atoms with van der Waals surface area (Å²) in [7, 11) is 0. The van der Waals surface area contributed by atoms with Crippen LogP contribution in [0.2, 0.25) is 0 Å². The summed E-state index contributed by atoms with van der Waals surface area (Å²) in [6, 6.07) is 66.6. The highest BCUT2D eigenvalue weighted by molar-refractivity contribution is 6.13. The average molecular weight is 714 g/mol. The highest BCUT2D eigenvalue weighted by atomic mass is 16.3. The van der Waals surface area contributed by atoms with Crippen molar-refractivity contribution in [2.24, 2.45) is 0 Å². The van der Waals surface area contributed by atoms with Gasteiger partial charge < -0.3 is 4.42 Å². The van der Waals surface area contributed by atoms with Gasteiger partial charge in [-0.2, -0.15) is 0 Å². The van der Waals surface area contributed by atoms with E-state index in [1.165, 1.54) is 44.5 Å². The maximum Gasteiger partial charge on any atom is 0.164 e. The van der Waals surface area contributed by atoms with Gasteiger partial charge in [0.15, 0.2) is 17.5 Å². The first-order valence-electron chi connectivity index (χ1n) is 19.0. The molecular formula is C52H31N3O. The van der Waals surface area contributed by atoms with Gasteiger partial charge in [-0.3, -0.25) is 0 Å². The SMILES string of the molecule is c1ccc(-c2nc(-c3ccccc3)nc(-c3ccc(-c4ccc5oc6c7c(ccc6c5c4)C4(c5ccccc5-c5ccccc54)c4ccccc4-7)cc3)n2)cc1. The Bertz CT molecular complexity index is 3080. The molecule has 2 aliphatic rings. The number of furan rings is 1. The molecule has 0 saturated heterocycles. The summed E-state index contributed by atoms with van der Waals surface area (Å²) >= 11 is 0. The van der Waals surface area contributed by atoms with Gasteiger partial charge in [0.2, 0.25) is 0 Å². The smallest absolute Gasteiger partial charge is 0.164 e. The minimum Gasteiger partial charge on any atom is -0.455 e. The predicted molar refractivity (Wildman–Crippen MR) is 225 cm³/mol. The van der Waals surface area contributed by atoms with Crippen LogP contribution in [0.25, 0.3) is 89.5 Å². The Labute approximate surface area is 323 Å². The second kappa shape index (κ2) is 11.8. The summed E-state index contributed by atoms with van der Waals surface area (Å²) in [4.78, 5) is 14.7. The standard InChI is InChI=1S/C52H31N3O/c1-3-13-33(14-4-1)49-53-50(34-15-5-2-6-16-34)55-51(54-49)35-25-23-32(24-26-35)36-27-30-46-41(31-36)39-28-29-45-47(48(39)56-46)40-19-9-12-22-44(40)52(45)42-20-10-7-17-37(42)38-18-8-11-21-43(38)52/h1-31H. The molecule has 0 bridgehead atoms. The maximum atomic E-state index is 6.87. The lowest BCUT2D eigenvalue weighted by atomic mass is 9.70. The Balaban J connectivity index is 0.975. The first-order chi connectivity index (χ1) is 27.8. The molecule has 0 N–H and O–H groups in total. The zero-order chi connectivity index (χ0) is 36.8. The van der Waals surface area contributed by atoms with Crippen molar-refractivity contribution in [1.82, 2.24) is 15.0 Å². The number of hydrogen-bond acceptors (Lipinski definition) is 4. The lowest BCUT2D eigenvalue weighted by Gasteiger charge is -2.30. The van der Waals surface area contributed by atoms with Crippen molar-refractivity contribution in [3.8, 4) is 67.5 Å². The zero-order valence-electron chi connectivity index (χ0n) is 30.1. The van der Waals surface area contributed by atoms with Crippen molar-refractivity contribution in [2.45, 2.75) is 5.41 Å². The number of rotatable bonds is 4. The van der Waals surface area contributed by atoms with Gasteiger partial charge in [-0.15, -0.1) is 0 Å². The van der Waals surface area contributed by atoms with Gasteiger partial charge in [-0.05, 0) is 62.2 Å². The minimum atomic E-state index is -0.401. The van der Waals surface area contributed by atoms with E-state index in [0.29, 0.717) is 17.5 Å². The maximum absolute atomic E-state index is 6.87. The van der Waals surface area contributed by atoms with Crippen LogP contribution < -0.4 is 0 Å². The zero-order valence-corrected chi connectivity index (χ0v) is 30.1. The summed E-state index contributed by atoms with van der Waals surface area (Å²) in [6.45, 7) is 0. The van der Waals surface area contributed by atoms with Crippen LogP contribution in [0.5, 0.6) is 0 Å². The van der Waals surface area contributed by atoms with E-state index in [-0.39, 0.29) is 0 Å². The molecule has 4 heteroatoms. The Morgan fingerprint density at radius 1 is 0.339 bits per heavy atom. The third-order valence-electron chi connectivity index (χ3n) is 11.8. The van der Waals surface area contributed by atoms with E-state index in [1.54, 1.807) is 0 Å². The molecule has 2 heterocycles. The molecule has 8 aromatic carbocycles. The second-order valence-corrected chi connectivity index (χ2v) is 14.7. The van der Waals surface area contributed by atoms with Crippen molar-refractivity contribution < 1.29 is 4.42 Å². The van der Waals surface area contributed by atoms with Crippen molar-refractivity contribution in [1.29, 1.82) is 0 Å². The largest absolute Gasteiger partial charge is 0.455 e. The molecule has 1 spiro atoms. The summed E-state index contributed by atoms with van der Waals surface area (Å²) in [5.74, 6) is 1.94. The lowest BCUT2D eigenvalue weighted by molar-refractivity contribution is 0.669. The molecule has 0 atom stereocenters. The van der Waals surface area contributed by atoms with Crippen LogP contribution in [0.1, 0.15) is 22.3 Å². The minimum absolute atomic E-state index is 0.401. The monoisotopic (exact) mass is 713 g/mol. The molecule has 0 saturated carbocycles. The first-order valence-corrected chi connectivity index (χ1v) is 19.0. The highest BCUT2D eigenvalue weighted by Crippen LogP contribution is 2.64. The van der Waals surface area contributed by atoms with E-state index in [4.69, 9.17) is 19.4 Å². The van der Waals surface area contributed by atoms with Gasteiger partial charge in [0.25, 0.3) is 0 Å². The van der Waals surface area contributed by atoms with Crippen LogP contribution in [0.3, 0.4) is 0 Å². The van der Waals surface area contributed by atoms with E-state index >= 15 is 0 Å². The molecule has 4 nitrogen and oxygen atoms in total. The molecule has 0 aliphatic heterocycles. The number of fused-ring (bicyclic) bond motifs is 14. The van der Waals surface area contributed by atoms with Crippen molar-refractivity contribution in [2.75, 3.05) is 0 Å². The van der Waals surface area contributed by atoms with E-state index in [1.807, 2.05) is 60.7 Å². The number of aromatic nitrogens is 3. The van der Waals surface area contributed by atoms with Gasteiger partial charge in [-0.25, -0.2) is 15.0 Å². The molecule has 0 unspecified atom stereocenters. The van der Waals surface area contributed by atoms with Crippen molar-refractivity contribution in [3.05, 3.63) is 210 Å². The topological polar surface area (TPSA) is 51.8 Å². The first kappa shape index (κ1) is 31.0. The molecule has 0 radical (unpaired) electrons. The third kappa shape index (κ3) is 4.32. The van der Waals surface area contributed by atoms with Gasteiger partial charge in [0.1, 0.15) is 11.2 Å². The van der Waals surface area contributed by atoms with Gasteiger partial charge in [0, 0.05) is 33.0 Å². The van der Waals surface area contributed by atoms with E-state index < -0.39 is 5.41 Å². The fraction of sp³-hybridized carbons (Fsp3) is 0.0192. The second-order valence-electron chi connectivity index (χ2n) is 14.7. The third-order valence-corrected chi connectivity index (χ3v) is 11.8. The normalized spacial score (nSPS) is 13.1. The summed E-state index contributed by atoms with van der Waals surface area (Å²) < 4.78 is 6.87. The average Bonchev–Trinajstić information content (AvgIpc) is 3.91.